The molecule has 2 heterocycles. The second kappa shape index (κ2) is 8.59. The van der Waals surface area contributed by atoms with Gasteiger partial charge in [0.1, 0.15) is 5.54 Å². The molecule has 2 fully saturated rings. The first kappa shape index (κ1) is 21.4. The monoisotopic (exact) mass is 421 g/mol. The Labute approximate surface area is 176 Å². The summed E-state index contributed by atoms with van der Waals surface area (Å²) in [6.45, 7) is 5.09. The van der Waals surface area contributed by atoms with Crippen molar-refractivity contribution in [2.24, 2.45) is 0 Å². The van der Waals surface area contributed by atoms with Gasteiger partial charge in [-0.1, -0.05) is 17.7 Å². The molecule has 29 heavy (non-hydrogen) atoms. The molecule has 0 spiro atoms. The Morgan fingerprint density at radius 2 is 1.90 bits per heavy atom. The molecule has 8 nitrogen and oxygen atoms in total. The van der Waals surface area contributed by atoms with Crippen LogP contribution in [0.15, 0.2) is 18.2 Å². The minimum absolute atomic E-state index is 0.000420. The van der Waals surface area contributed by atoms with Gasteiger partial charge < -0.3 is 20.0 Å². The van der Waals surface area contributed by atoms with Crippen LogP contribution < -0.4 is 15.5 Å². The van der Waals surface area contributed by atoms with Crippen molar-refractivity contribution in [1.82, 2.24) is 20.4 Å². The molecule has 1 aromatic rings. The zero-order chi connectivity index (χ0) is 21.2. The van der Waals surface area contributed by atoms with Crippen molar-refractivity contribution in [2.45, 2.75) is 25.3 Å². The Kier molecular flexibility index (Phi) is 6.33. The van der Waals surface area contributed by atoms with Crippen LogP contribution in [0.25, 0.3) is 0 Å². The number of nitrogens with one attached hydrogen (secondary N) is 2. The molecule has 0 aliphatic carbocycles. The van der Waals surface area contributed by atoms with E-state index in [2.05, 4.69) is 15.5 Å². The lowest BCUT2D eigenvalue weighted by Crippen LogP contribution is -2.55. The normalized spacial score (nSPS) is 22.1. The largest absolute Gasteiger partial charge is 0.368 e. The van der Waals surface area contributed by atoms with Gasteiger partial charge in [-0.15, -0.1) is 0 Å². The molecule has 3 rings (SSSR count). The summed E-state index contributed by atoms with van der Waals surface area (Å²) in [6, 6.07) is 5.33. The number of rotatable bonds is 6. The standard InChI is InChI=1S/C20H28ClN5O3/c1-14-4-5-15(21)12-16(14)25-8-10-26(11-9-25)17(27)6-7-20(13-24(2)3)18(28)22-19(29)23-20/h4-5,12H,6-11,13H2,1-3H3,(H2,22,23,28,29). The van der Waals surface area contributed by atoms with E-state index in [1.54, 1.807) is 0 Å². The predicted molar refractivity (Wildman–Crippen MR) is 112 cm³/mol. The van der Waals surface area contributed by atoms with Gasteiger partial charge >= 0.3 is 6.03 Å². The molecule has 2 N–H and O–H groups in total. The second-order valence-electron chi connectivity index (χ2n) is 8.03. The molecule has 2 aliphatic heterocycles. The molecule has 2 saturated heterocycles. The summed E-state index contributed by atoms with van der Waals surface area (Å²) in [7, 11) is 3.66. The minimum Gasteiger partial charge on any atom is -0.368 e. The van der Waals surface area contributed by atoms with Crippen LogP contribution in [0.4, 0.5) is 10.5 Å². The van der Waals surface area contributed by atoms with Crippen LogP contribution in [-0.2, 0) is 9.59 Å². The van der Waals surface area contributed by atoms with Gasteiger partial charge in [0.2, 0.25) is 5.91 Å². The zero-order valence-electron chi connectivity index (χ0n) is 17.1. The highest BCUT2D eigenvalue weighted by molar-refractivity contribution is 6.30. The third-order valence-corrected chi connectivity index (χ3v) is 5.75. The van der Waals surface area contributed by atoms with Crippen LogP contribution in [0.3, 0.4) is 0 Å². The first-order valence-electron chi connectivity index (χ1n) is 9.77. The number of hydrogen-bond acceptors (Lipinski definition) is 5. The minimum atomic E-state index is -1.06. The molecule has 0 bridgehead atoms. The maximum atomic E-state index is 12.8. The topological polar surface area (TPSA) is 85.0 Å². The maximum Gasteiger partial charge on any atom is 0.322 e. The number of likely N-dealkylation sites (N-methyl/N-ethyl adjacent to an activating group) is 1. The van der Waals surface area contributed by atoms with Gasteiger partial charge in [-0.05, 0) is 45.1 Å². The lowest BCUT2D eigenvalue weighted by molar-refractivity contribution is -0.132. The number of halogens is 1. The van der Waals surface area contributed by atoms with Crippen LogP contribution in [0.2, 0.25) is 5.02 Å². The fraction of sp³-hybridized carbons (Fsp3) is 0.550. The highest BCUT2D eigenvalue weighted by atomic mass is 35.5. The lowest BCUT2D eigenvalue weighted by Gasteiger charge is -2.37. The first-order valence-corrected chi connectivity index (χ1v) is 10.2. The van der Waals surface area contributed by atoms with E-state index in [9.17, 15) is 14.4 Å². The fourth-order valence-electron chi connectivity index (χ4n) is 4.03. The molecule has 9 heteroatoms. The van der Waals surface area contributed by atoms with Crippen molar-refractivity contribution in [1.29, 1.82) is 0 Å². The van der Waals surface area contributed by atoms with E-state index in [0.717, 1.165) is 24.3 Å². The van der Waals surface area contributed by atoms with E-state index in [0.29, 0.717) is 24.7 Å². The molecule has 1 unspecified atom stereocenters. The lowest BCUT2D eigenvalue weighted by atomic mass is 9.92. The summed E-state index contributed by atoms with van der Waals surface area (Å²) in [4.78, 5) is 42.6. The van der Waals surface area contributed by atoms with E-state index in [4.69, 9.17) is 11.6 Å². The number of piperazine rings is 1. The molecule has 1 aromatic carbocycles. The number of hydrogen-bond donors (Lipinski definition) is 2. The smallest absolute Gasteiger partial charge is 0.322 e. The molecule has 1 atom stereocenters. The molecule has 158 valence electrons. The third-order valence-electron chi connectivity index (χ3n) is 5.51. The molecule has 0 saturated carbocycles. The van der Waals surface area contributed by atoms with Gasteiger partial charge in [-0.3, -0.25) is 14.9 Å². The Balaban J connectivity index is 1.57. The molecule has 4 amide bonds. The number of carbonyl (C=O) groups is 3. The molecule has 0 radical (unpaired) electrons. The SMILES string of the molecule is Cc1ccc(Cl)cc1N1CCN(C(=O)CCC2(CN(C)C)NC(=O)NC2=O)CC1. The van der Waals surface area contributed by atoms with E-state index in [-0.39, 0.29) is 24.7 Å². The van der Waals surface area contributed by atoms with Gasteiger partial charge in [-0.25, -0.2) is 4.79 Å². The molecular formula is C20H28ClN5O3. The number of nitrogens with zero attached hydrogens (tertiary/aromatic N) is 3. The molecule has 2 aliphatic rings. The third kappa shape index (κ3) is 4.82. The number of benzene rings is 1. The van der Waals surface area contributed by atoms with Crippen LogP contribution in [-0.4, -0.2) is 80.0 Å². The van der Waals surface area contributed by atoms with E-state index < -0.39 is 11.6 Å². The predicted octanol–water partition coefficient (Wildman–Crippen LogP) is 1.22. The van der Waals surface area contributed by atoms with Crippen LogP contribution in [0, 0.1) is 6.92 Å². The Morgan fingerprint density at radius 3 is 2.48 bits per heavy atom. The molecular weight excluding hydrogens is 394 g/mol. The average Bonchev–Trinajstić information content (AvgIpc) is 2.94. The van der Waals surface area contributed by atoms with Gasteiger partial charge in [0.05, 0.1) is 0 Å². The summed E-state index contributed by atoms with van der Waals surface area (Å²) in [5.74, 6) is -0.371. The van der Waals surface area contributed by atoms with Crippen LogP contribution >= 0.6 is 11.6 Å². The summed E-state index contributed by atoms with van der Waals surface area (Å²) >= 11 is 6.13. The summed E-state index contributed by atoms with van der Waals surface area (Å²) in [5, 5.41) is 5.71. The second-order valence-corrected chi connectivity index (χ2v) is 8.46. The number of carbonyl (C=O) groups excluding carboxylic acids is 3. The van der Waals surface area contributed by atoms with Crippen molar-refractivity contribution in [3.05, 3.63) is 28.8 Å². The van der Waals surface area contributed by atoms with E-state index in [1.807, 2.05) is 49.0 Å². The van der Waals surface area contributed by atoms with Crippen molar-refractivity contribution in [3.8, 4) is 0 Å². The van der Waals surface area contributed by atoms with Crippen LogP contribution in [0.5, 0.6) is 0 Å². The Bertz CT molecular complexity index is 807. The molecule has 0 aromatic heterocycles. The first-order chi connectivity index (χ1) is 13.7. The van der Waals surface area contributed by atoms with E-state index in [1.165, 1.54) is 0 Å². The summed E-state index contributed by atoms with van der Waals surface area (Å²) in [5.41, 5.74) is 1.19. The Hall–Kier alpha value is -2.32. The van der Waals surface area contributed by atoms with Crippen LogP contribution in [0.1, 0.15) is 18.4 Å². The Morgan fingerprint density at radius 1 is 1.21 bits per heavy atom. The van der Waals surface area contributed by atoms with Crippen molar-refractivity contribution < 1.29 is 14.4 Å². The number of aryl methyl sites for hydroxylation is 1. The fourth-order valence-corrected chi connectivity index (χ4v) is 4.20. The van der Waals surface area contributed by atoms with E-state index >= 15 is 0 Å². The maximum absolute atomic E-state index is 12.8. The number of imide groups is 1. The van der Waals surface area contributed by atoms with Crippen molar-refractivity contribution in [2.75, 3.05) is 51.7 Å². The van der Waals surface area contributed by atoms with Gasteiger partial charge in [0.15, 0.2) is 0 Å². The van der Waals surface area contributed by atoms with Gasteiger partial charge in [-0.2, -0.15) is 0 Å². The quantitative estimate of drug-likeness (QED) is 0.674. The van der Waals surface area contributed by atoms with Gasteiger partial charge in [0, 0.05) is 49.9 Å². The number of amides is 4. The zero-order valence-corrected chi connectivity index (χ0v) is 17.9. The highest BCUT2D eigenvalue weighted by Crippen LogP contribution is 2.26. The highest BCUT2D eigenvalue weighted by Gasteiger charge is 2.46. The summed E-state index contributed by atoms with van der Waals surface area (Å²) < 4.78 is 0. The number of anilines is 1. The van der Waals surface area contributed by atoms with Crippen molar-refractivity contribution >= 4 is 35.1 Å². The number of urea groups is 1. The van der Waals surface area contributed by atoms with Gasteiger partial charge in [0.25, 0.3) is 5.91 Å². The average molecular weight is 422 g/mol. The summed E-state index contributed by atoms with van der Waals surface area (Å²) in [6.07, 6.45) is 0.479. The van der Waals surface area contributed by atoms with Crippen molar-refractivity contribution in [3.63, 3.8) is 0 Å².